The third-order valence-electron chi connectivity index (χ3n) is 7.15. The van der Waals surface area contributed by atoms with Gasteiger partial charge in [0.25, 0.3) is 0 Å². The van der Waals surface area contributed by atoms with Crippen molar-refractivity contribution in [2.75, 3.05) is 40.0 Å². The van der Waals surface area contributed by atoms with E-state index in [1.165, 1.54) is 6.26 Å². The Labute approximate surface area is 289 Å². The highest BCUT2D eigenvalue weighted by Gasteiger charge is 2.11. The Kier molecular flexibility index (Phi) is 18.4. The lowest BCUT2D eigenvalue weighted by molar-refractivity contribution is -0.137. The molecule has 3 aromatic rings. The van der Waals surface area contributed by atoms with Crippen LogP contribution < -0.4 is 23.7 Å². The van der Waals surface area contributed by atoms with Crippen LogP contribution in [0.1, 0.15) is 67.3 Å². The minimum atomic E-state index is -0.468. The van der Waals surface area contributed by atoms with E-state index in [9.17, 15) is 9.59 Å². The normalized spacial score (nSPS) is 10.5. The summed E-state index contributed by atoms with van der Waals surface area (Å²) in [6, 6.07) is 19.4. The van der Waals surface area contributed by atoms with Crippen LogP contribution in [0.4, 0.5) is 0 Å². The summed E-state index contributed by atoms with van der Waals surface area (Å²) >= 11 is 0. The molecule has 49 heavy (non-hydrogen) atoms. The van der Waals surface area contributed by atoms with E-state index in [-0.39, 0.29) is 13.6 Å². The van der Waals surface area contributed by atoms with Crippen LogP contribution in [-0.2, 0) is 19.0 Å². The molecule has 0 atom stereocenters. The van der Waals surface area contributed by atoms with Crippen molar-refractivity contribution in [3.63, 3.8) is 0 Å². The van der Waals surface area contributed by atoms with Crippen molar-refractivity contribution in [2.45, 2.75) is 58.3 Å². The number of carbonyl (C=O) groups is 2. The van der Waals surface area contributed by atoms with Gasteiger partial charge in [-0.3, -0.25) is 0 Å². The van der Waals surface area contributed by atoms with Gasteiger partial charge in [0.2, 0.25) is 6.79 Å². The molecule has 0 bridgehead atoms. The number of hydrogen-bond acceptors (Lipinski definition) is 10. The van der Waals surface area contributed by atoms with Crippen LogP contribution in [0.3, 0.4) is 0 Å². The standard InChI is InChI=1S/C39H48O10/c1-4-38(40)46-27-13-9-8-12-25-44-33-16-14-32(15-17-33)39(41)49-36-22-23-37(31(3)28-36)48-30-47-35-20-18-34(19-21-35)45-26-11-7-6-10-24-43-29-42-5-2/h4-5,14-23,28H,1-2,6-13,24-27,29-30H2,3H3. The van der Waals surface area contributed by atoms with E-state index in [4.69, 9.17) is 37.9 Å². The summed E-state index contributed by atoms with van der Waals surface area (Å²) in [5, 5.41) is 0. The lowest BCUT2D eigenvalue weighted by Crippen LogP contribution is -2.09. The fourth-order valence-electron chi connectivity index (χ4n) is 4.48. The molecule has 0 aromatic heterocycles. The first-order chi connectivity index (χ1) is 24.0. The van der Waals surface area contributed by atoms with E-state index < -0.39 is 11.9 Å². The number of carbonyl (C=O) groups excluding carboxylic acids is 2. The molecule has 0 saturated heterocycles. The van der Waals surface area contributed by atoms with Crippen molar-refractivity contribution >= 4 is 11.9 Å². The number of esters is 2. The van der Waals surface area contributed by atoms with E-state index in [0.29, 0.717) is 55.0 Å². The van der Waals surface area contributed by atoms with Crippen LogP contribution in [0.2, 0.25) is 0 Å². The summed E-state index contributed by atoms with van der Waals surface area (Å²) in [6.45, 7) is 11.3. The van der Waals surface area contributed by atoms with Crippen LogP contribution in [0.15, 0.2) is 92.2 Å². The highest BCUT2D eigenvalue weighted by Crippen LogP contribution is 2.25. The molecule has 0 fully saturated rings. The highest BCUT2D eigenvalue weighted by atomic mass is 16.7. The summed E-state index contributed by atoms with van der Waals surface area (Å²) in [7, 11) is 0. The molecule has 10 heteroatoms. The molecule has 0 N–H and O–H groups in total. The van der Waals surface area contributed by atoms with E-state index in [0.717, 1.165) is 68.8 Å². The third kappa shape index (κ3) is 16.1. The molecular formula is C39H48O10. The van der Waals surface area contributed by atoms with Gasteiger partial charge in [-0.05, 0) is 124 Å². The molecule has 0 aliphatic carbocycles. The first kappa shape index (κ1) is 38.5. The topological polar surface area (TPSA) is 108 Å². The second kappa shape index (κ2) is 23.4. The predicted octanol–water partition coefficient (Wildman–Crippen LogP) is 8.37. The zero-order chi connectivity index (χ0) is 34.9. The number of rotatable bonds is 26. The van der Waals surface area contributed by atoms with Gasteiger partial charge >= 0.3 is 11.9 Å². The van der Waals surface area contributed by atoms with Gasteiger partial charge in [-0.15, -0.1) is 0 Å². The first-order valence-electron chi connectivity index (χ1n) is 16.6. The molecule has 0 unspecified atom stereocenters. The number of unbranched alkanes of at least 4 members (excludes halogenated alkanes) is 6. The van der Waals surface area contributed by atoms with Crippen LogP contribution >= 0.6 is 0 Å². The van der Waals surface area contributed by atoms with Crippen LogP contribution in [-0.4, -0.2) is 52.0 Å². The maximum atomic E-state index is 12.7. The van der Waals surface area contributed by atoms with E-state index in [1.807, 2.05) is 31.2 Å². The lowest BCUT2D eigenvalue weighted by Gasteiger charge is -2.12. The van der Waals surface area contributed by atoms with Gasteiger partial charge in [0, 0.05) is 6.08 Å². The Morgan fingerprint density at radius 1 is 0.612 bits per heavy atom. The molecule has 0 amide bonds. The monoisotopic (exact) mass is 676 g/mol. The summed E-state index contributed by atoms with van der Waals surface area (Å²) < 4.78 is 43.9. The zero-order valence-electron chi connectivity index (χ0n) is 28.4. The zero-order valence-corrected chi connectivity index (χ0v) is 28.4. The van der Waals surface area contributed by atoms with Crippen LogP contribution in [0, 0.1) is 6.92 Å². The van der Waals surface area contributed by atoms with Crippen molar-refractivity contribution < 1.29 is 47.5 Å². The number of benzene rings is 3. The average Bonchev–Trinajstić information content (AvgIpc) is 3.11. The fourth-order valence-corrected chi connectivity index (χ4v) is 4.48. The smallest absolute Gasteiger partial charge is 0.343 e. The minimum Gasteiger partial charge on any atom is -0.494 e. The van der Waals surface area contributed by atoms with Crippen molar-refractivity contribution in [3.8, 4) is 28.7 Å². The van der Waals surface area contributed by atoms with Gasteiger partial charge in [-0.2, -0.15) is 0 Å². The summed E-state index contributed by atoms with van der Waals surface area (Å²) in [6.07, 6.45) is 10.2. The lowest BCUT2D eigenvalue weighted by atomic mass is 10.2. The van der Waals surface area contributed by atoms with Crippen molar-refractivity contribution in [1.29, 1.82) is 0 Å². The molecular weight excluding hydrogens is 628 g/mol. The molecule has 264 valence electrons. The molecule has 0 heterocycles. The van der Waals surface area contributed by atoms with Gasteiger partial charge in [-0.25, -0.2) is 9.59 Å². The second-order valence-corrected chi connectivity index (χ2v) is 11.0. The molecule has 0 aliphatic heterocycles. The van der Waals surface area contributed by atoms with Gasteiger partial charge in [-0.1, -0.05) is 19.6 Å². The van der Waals surface area contributed by atoms with E-state index in [2.05, 4.69) is 13.2 Å². The van der Waals surface area contributed by atoms with Crippen molar-refractivity contribution in [1.82, 2.24) is 0 Å². The summed E-state index contributed by atoms with van der Waals surface area (Å²) in [5.74, 6) is 2.29. The molecule has 3 rings (SSSR count). The summed E-state index contributed by atoms with van der Waals surface area (Å²) in [5.41, 5.74) is 1.21. The maximum Gasteiger partial charge on any atom is 0.343 e. The van der Waals surface area contributed by atoms with Crippen molar-refractivity contribution in [3.05, 3.63) is 103 Å². The number of hydrogen-bond donors (Lipinski definition) is 0. The van der Waals surface area contributed by atoms with Gasteiger partial charge in [0.05, 0.1) is 38.3 Å². The largest absolute Gasteiger partial charge is 0.494 e. The Bertz CT molecular complexity index is 1400. The molecule has 0 aliphatic rings. The first-order valence-corrected chi connectivity index (χ1v) is 16.6. The molecule has 0 saturated carbocycles. The Morgan fingerprint density at radius 2 is 1.16 bits per heavy atom. The quantitative estimate of drug-likeness (QED) is 0.0206. The third-order valence-corrected chi connectivity index (χ3v) is 7.15. The van der Waals surface area contributed by atoms with E-state index in [1.54, 1.807) is 42.5 Å². The number of aryl methyl sites for hydroxylation is 1. The van der Waals surface area contributed by atoms with E-state index >= 15 is 0 Å². The Balaban J connectivity index is 1.28. The Morgan fingerprint density at radius 3 is 1.76 bits per heavy atom. The Hall–Kier alpha value is -4.96. The van der Waals surface area contributed by atoms with Gasteiger partial charge < -0.3 is 37.9 Å². The molecule has 10 nitrogen and oxygen atoms in total. The van der Waals surface area contributed by atoms with Gasteiger partial charge in [0.1, 0.15) is 28.7 Å². The highest BCUT2D eigenvalue weighted by molar-refractivity contribution is 5.91. The second-order valence-electron chi connectivity index (χ2n) is 11.0. The van der Waals surface area contributed by atoms with Crippen LogP contribution in [0.25, 0.3) is 0 Å². The average molecular weight is 677 g/mol. The minimum absolute atomic E-state index is 0.0191. The predicted molar refractivity (Wildman–Crippen MR) is 186 cm³/mol. The molecule has 3 aromatic carbocycles. The molecule has 0 spiro atoms. The molecule has 0 radical (unpaired) electrons. The fraction of sp³-hybridized carbons (Fsp3) is 0.385. The maximum absolute atomic E-state index is 12.7. The van der Waals surface area contributed by atoms with Crippen molar-refractivity contribution in [2.24, 2.45) is 0 Å². The SMILES string of the molecule is C=COCOCCCCCCOc1ccc(OCOc2ccc(OC(=O)c3ccc(OCCCCCCOC(=O)C=C)cc3)cc2C)cc1. The van der Waals surface area contributed by atoms with Gasteiger partial charge in [0.15, 0.2) is 6.79 Å². The van der Waals surface area contributed by atoms with Crippen LogP contribution in [0.5, 0.6) is 28.7 Å². The number of ether oxygens (including phenoxy) is 8. The summed E-state index contributed by atoms with van der Waals surface area (Å²) in [4.78, 5) is 23.7.